The lowest BCUT2D eigenvalue weighted by Crippen LogP contribution is -2.76. The summed E-state index contributed by atoms with van der Waals surface area (Å²) in [5.74, 6) is 0.747. The summed E-state index contributed by atoms with van der Waals surface area (Å²) in [7, 11) is 1.89. The molecule has 4 nitrogen and oxygen atoms in total. The molecule has 0 aromatic heterocycles. The smallest absolute Gasteiger partial charge is 0.243 e. The van der Waals surface area contributed by atoms with Gasteiger partial charge in [-0.3, -0.25) is 4.79 Å². The predicted molar refractivity (Wildman–Crippen MR) is 75.7 cm³/mol. The third kappa shape index (κ3) is 2.19. The molecule has 0 bridgehead atoms. The summed E-state index contributed by atoms with van der Waals surface area (Å²) in [6.07, 6.45) is 3.20. The molecular formula is C15H28N2O2. The topological polar surface area (TPSA) is 55.6 Å². The fourth-order valence-corrected chi connectivity index (χ4v) is 3.19. The lowest BCUT2D eigenvalue weighted by atomic mass is 9.54. The molecule has 0 spiro atoms. The zero-order valence-corrected chi connectivity index (χ0v) is 12.9. The van der Waals surface area contributed by atoms with E-state index in [0.717, 1.165) is 0 Å². The SMILES string of the molecule is CCOC1CC(N)(C(=O)N(C)C(C)C2CC2)C1(C)C. The van der Waals surface area contributed by atoms with Crippen LogP contribution in [-0.4, -0.2) is 42.1 Å². The molecule has 0 saturated heterocycles. The summed E-state index contributed by atoms with van der Waals surface area (Å²) in [6.45, 7) is 8.88. The molecular weight excluding hydrogens is 240 g/mol. The van der Waals surface area contributed by atoms with E-state index in [1.165, 1.54) is 12.8 Å². The largest absolute Gasteiger partial charge is 0.378 e. The van der Waals surface area contributed by atoms with E-state index in [1.54, 1.807) is 0 Å². The second kappa shape index (κ2) is 4.74. The zero-order chi connectivity index (χ0) is 14.4. The minimum absolute atomic E-state index is 0.0767. The summed E-state index contributed by atoms with van der Waals surface area (Å²) in [5.41, 5.74) is 5.37. The van der Waals surface area contributed by atoms with Crippen molar-refractivity contribution < 1.29 is 9.53 Å². The quantitative estimate of drug-likeness (QED) is 0.827. The Morgan fingerprint density at radius 1 is 1.47 bits per heavy atom. The van der Waals surface area contributed by atoms with Crippen molar-refractivity contribution in [2.45, 2.75) is 64.6 Å². The Balaban J connectivity index is 2.06. The van der Waals surface area contributed by atoms with Crippen LogP contribution >= 0.6 is 0 Å². The van der Waals surface area contributed by atoms with Crippen LogP contribution in [-0.2, 0) is 9.53 Å². The molecule has 0 radical (unpaired) electrons. The van der Waals surface area contributed by atoms with E-state index < -0.39 is 5.54 Å². The first-order valence-corrected chi connectivity index (χ1v) is 7.43. The fraction of sp³-hybridized carbons (Fsp3) is 0.933. The van der Waals surface area contributed by atoms with Gasteiger partial charge in [0, 0.05) is 31.5 Å². The van der Waals surface area contributed by atoms with Crippen LogP contribution in [0.3, 0.4) is 0 Å². The van der Waals surface area contributed by atoms with Crippen LogP contribution in [0.15, 0.2) is 0 Å². The average Bonchev–Trinajstić information content (AvgIpc) is 3.19. The van der Waals surface area contributed by atoms with Crippen LogP contribution < -0.4 is 5.73 Å². The van der Waals surface area contributed by atoms with E-state index in [2.05, 4.69) is 6.92 Å². The summed E-state index contributed by atoms with van der Waals surface area (Å²) in [5, 5.41) is 0. The van der Waals surface area contributed by atoms with Gasteiger partial charge in [0.05, 0.1) is 6.10 Å². The molecule has 0 aromatic carbocycles. The maximum Gasteiger partial charge on any atom is 0.243 e. The van der Waals surface area contributed by atoms with E-state index in [1.807, 2.05) is 32.7 Å². The number of nitrogens with two attached hydrogens (primary N) is 1. The first-order valence-electron chi connectivity index (χ1n) is 7.43. The fourth-order valence-electron chi connectivity index (χ4n) is 3.19. The molecule has 2 saturated carbocycles. The Morgan fingerprint density at radius 3 is 2.47 bits per heavy atom. The summed E-state index contributed by atoms with van der Waals surface area (Å²) < 4.78 is 5.69. The van der Waals surface area contributed by atoms with Gasteiger partial charge in [-0.15, -0.1) is 0 Å². The summed E-state index contributed by atoms with van der Waals surface area (Å²) in [4.78, 5) is 14.6. The molecule has 3 atom stereocenters. The molecule has 19 heavy (non-hydrogen) atoms. The van der Waals surface area contributed by atoms with Crippen LogP contribution in [0.5, 0.6) is 0 Å². The van der Waals surface area contributed by atoms with Gasteiger partial charge in [-0.1, -0.05) is 13.8 Å². The van der Waals surface area contributed by atoms with Crippen LogP contribution in [0.2, 0.25) is 0 Å². The van der Waals surface area contributed by atoms with Gasteiger partial charge in [0.2, 0.25) is 5.91 Å². The molecule has 2 fully saturated rings. The third-order valence-corrected chi connectivity index (χ3v) is 5.45. The highest BCUT2D eigenvalue weighted by Crippen LogP contribution is 2.51. The lowest BCUT2D eigenvalue weighted by molar-refractivity contribution is -0.180. The Morgan fingerprint density at radius 2 is 2.05 bits per heavy atom. The van der Waals surface area contributed by atoms with Gasteiger partial charge in [-0.25, -0.2) is 0 Å². The van der Waals surface area contributed by atoms with Crippen molar-refractivity contribution >= 4 is 5.91 Å². The van der Waals surface area contributed by atoms with Crippen LogP contribution in [0.1, 0.15) is 47.0 Å². The molecule has 2 aliphatic carbocycles. The predicted octanol–water partition coefficient (Wildman–Crippen LogP) is 1.78. The van der Waals surface area contributed by atoms with E-state index in [0.29, 0.717) is 25.0 Å². The summed E-state index contributed by atoms with van der Waals surface area (Å²) in [6, 6.07) is 0.301. The first kappa shape index (κ1) is 14.8. The number of likely N-dealkylation sites (N-methyl/N-ethyl adjacent to an activating group) is 1. The van der Waals surface area contributed by atoms with Crippen molar-refractivity contribution in [3.63, 3.8) is 0 Å². The Hall–Kier alpha value is -0.610. The van der Waals surface area contributed by atoms with Gasteiger partial charge in [0.25, 0.3) is 0 Å². The molecule has 3 unspecified atom stereocenters. The monoisotopic (exact) mass is 268 g/mol. The van der Waals surface area contributed by atoms with Gasteiger partial charge < -0.3 is 15.4 Å². The van der Waals surface area contributed by atoms with E-state index in [-0.39, 0.29) is 17.4 Å². The highest BCUT2D eigenvalue weighted by atomic mass is 16.5. The first-order chi connectivity index (χ1) is 8.75. The van der Waals surface area contributed by atoms with E-state index >= 15 is 0 Å². The Labute approximate surface area is 116 Å². The molecule has 2 rings (SSSR count). The van der Waals surface area contributed by atoms with Gasteiger partial charge >= 0.3 is 0 Å². The van der Waals surface area contributed by atoms with Crippen molar-refractivity contribution in [1.29, 1.82) is 0 Å². The Kier molecular flexibility index (Phi) is 3.69. The molecule has 2 N–H and O–H groups in total. The second-order valence-corrected chi connectivity index (χ2v) is 6.84. The number of ether oxygens (including phenoxy) is 1. The number of rotatable bonds is 5. The van der Waals surface area contributed by atoms with Crippen molar-refractivity contribution in [2.24, 2.45) is 17.1 Å². The number of hydrogen-bond donors (Lipinski definition) is 1. The van der Waals surface area contributed by atoms with E-state index in [9.17, 15) is 4.79 Å². The van der Waals surface area contributed by atoms with Crippen molar-refractivity contribution in [3.05, 3.63) is 0 Å². The van der Waals surface area contributed by atoms with Crippen molar-refractivity contribution in [3.8, 4) is 0 Å². The van der Waals surface area contributed by atoms with Crippen LogP contribution in [0.4, 0.5) is 0 Å². The average molecular weight is 268 g/mol. The van der Waals surface area contributed by atoms with Crippen molar-refractivity contribution in [1.82, 2.24) is 4.90 Å². The molecule has 2 aliphatic rings. The number of hydrogen-bond acceptors (Lipinski definition) is 3. The molecule has 0 heterocycles. The number of amides is 1. The number of carbonyl (C=O) groups is 1. The molecule has 0 aromatic rings. The standard InChI is InChI=1S/C15H28N2O2/c1-6-19-12-9-15(16,14(12,3)4)13(18)17(5)10(2)11-7-8-11/h10-12H,6-9,16H2,1-5H3. The van der Waals surface area contributed by atoms with Gasteiger partial charge in [-0.05, 0) is 32.6 Å². The maximum atomic E-state index is 12.7. The molecule has 4 heteroatoms. The van der Waals surface area contributed by atoms with Gasteiger partial charge in [-0.2, -0.15) is 0 Å². The normalized spacial score (nSPS) is 34.5. The van der Waals surface area contributed by atoms with Crippen LogP contribution in [0.25, 0.3) is 0 Å². The molecule has 1 amide bonds. The number of nitrogens with zero attached hydrogens (tertiary/aromatic N) is 1. The van der Waals surface area contributed by atoms with Gasteiger partial charge in [0.15, 0.2) is 0 Å². The zero-order valence-electron chi connectivity index (χ0n) is 12.9. The second-order valence-electron chi connectivity index (χ2n) is 6.84. The highest BCUT2D eigenvalue weighted by molar-refractivity contribution is 5.89. The molecule has 0 aliphatic heterocycles. The van der Waals surface area contributed by atoms with Crippen molar-refractivity contribution in [2.75, 3.05) is 13.7 Å². The Bertz CT molecular complexity index is 365. The maximum absolute atomic E-state index is 12.7. The van der Waals surface area contributed by atoms with Gasteiger partial charge in [0.1, 0.15) is 5.54 Å². The highest BCUT2D eigenvalue weighted by Gasteiger charge is 2.63. The molecule has 110 valence electrons. The minimum Gasteiger partial charge on any atom is -0.378 e. The number of carbonyl (C=O) groups excluding carboxylic acids is 1. The minimum atomic E-state index is -0.773. The lowest BCUT2D eigenvalue weighted by Gasteiger charge is -2.58. The van der Waals surface area contributed by atoms with E-state index in [4.69, 9.17) is 10.5 Å². The third-order valence-electron chi connectivity index (χ3n) is 5.45. The van der Waals surface area contributed by atoms with Crippen LogP contribution in [0, 0.1) is 11.3 Å². The summed E-state index contributed by atoms with van der Waals surface area (Å²) >= 11 is 0.